The lowest BCUT2D eigenvalue weighted by Gasteiger charge is -2.15. The van der Waals surface area contributed by atoms with Crippen molar-refractivity contribution in [1.82, 2.24) is 0 Å². The lowest BCUT2D eigenvalue weighted by Crippen LogP contribution is -2.09. The monoisotopic (exact) mass is 205 g/mol. The van der Waals surface area contributed by atoms with E-state index < -0.39 is 5.97 Å². The molecular formula is C11H11NO3. The molecule has 4 nitrogen and oxygen atoms in total. The van der Waals surface area contributed by atoms with E-state index in [1.165, 1.54) is 0 Å². The van der Waals surface area contributed by atoms with Crippen molar-refractivity contribution in [3.8, 4) is 0 Å². The summed E-state index contributed by atoms with van der Waals surface area (Å²) in [6.45, 7) is 0. The maximum Gasteiger partial charge on any atom is 0.337 e. The predicted molar refractivity (Wildman–Crippen MR) is 53.6 cm³/mol. The van der Waals surface area contributed by atoms with Gasteiger partial charge in [-0.1, -0.05) is 6.07 Å². The maximum absolute atomic E-state index is 10.9. The molecule has 2 aliphatic rings. The SMILES string of the molecule is Nc1c(C(=O)O)ccc2c1C1CCC2O1. The van der Waals surface area contributed by atoms with Crippen LogP contribution in [0.2, 0.25) is 0 Å². The molecule has 0 spiro atoms. The summed E-state index contributed by atoms with van der Waals surface area (Å²) in [6, 6.07) is 3.40. The van der Waals surface area contributed by atoms with Crippen LogP contribution in [0.5, 0.6) is 0 Å². The molecule has 1 saturated heterocycles. The highest BCUT2D eigenvalue weighted by Crippen LogP contribution is 2.52. The van der Waals surface area contributed by atoms with Crippen LogP contribution in [0, 0.1) is 0 Å². The van der Waals surface area contributed by atoms with Crippen LogP contribution in [0.4, 0.5) is 5.69 Å². The zero-order valence-corrected chi connectivity index (χ0v) is 8.06. The summed E-state index contributed by atoms with van der Waals surface area (Å²) in [7, 11) is 0. The normalized spacial score (nSPS) is 26.7. The number of carbonyl (C=O) groups is 1. The molecule has 2 atom stereocenters. The highest BCUT2D eigenvalue weighted by molar-refractivity contribution is 5.95. The number of hydrogen-bond acceptors (Lipinski definition) is 3. The molecule has 0 amide bonds. The molecule has 0 radical (unpaired) electrons. The van der Waals surface area contributed by atoms with Crippen molar-refractivity contribution in [3.05, 3.63) is 28.8 Å². The van der Waals surface area contributed by atoms with E-state index in [2.05, 4.69) is 0 Å². The second-order valence-corrected chi connectivity index (χ2v) is 4.03. The number of carboxylic acid groups (broad SMARTS) is 1. The molecule has 0 saturated carbocycles. The molecule has 2 unspecified atom stereocenters. The molecule has 2 aliphatic heterocycles. The highest BCUT2D eigenvalue weighted by Gasteiger charge is 2.40. The van der Waals surface area contributed by atoms with Crippen LogP contribution in [-0.2, 0) is 4.74 Å². The Morgan fingerprint density at radius 2 is 2.13 bits per heavy atom. The Kier molecular flexibility index (Phi) is 1.59. The minimum atomic E-state index is -0.974. The van der Waals surface area contributed by atoms with Crippen LogP contribution >= 0.6 is 0 Å². The van der Waals surface area contributed by atoms with Gasteiger partial charge in [-0.05, 0) is 24.5 Å². The molecule has 78 valence electrons. The molecule has 4 heteroatoms. The Hall–Kier alpha value is -1.55. The number of rotatable bonds is 1. The lowest BCUT2D eigenvalue weighted by atomic mass is 9.89. The van der Waals surface area contributed by atoms with Crippen molar-refractivity contribution in [2.24, 2.45) is 0 Å². The van der Waals surface area contributed by atoms with Gasteiger partial charge in [-0.3, -0.25) is 0 Å². The summed E-state index contributed by atoms with van der Waals surface area (Å²) in [5.74, 6) is -0.974. The van der Waals surface area contributed by atoms with Gasteiger partial charge in [-0.25, -0.2) is 4.79 Å². The number of ether oxygens (including phenoxy) is 1. The van der Waals surface area contributed by atoms with Gasteiger partial charge in [0, 0.05) is 5.56 Å². The van der Waals surface area contributed by atoms with Gasteiger partial charge in [0.15, 0.2) is 0 Å². The van der Waals surface area contributed by atoms with Crippen molar-refractivity contribution >= 4 is 11.7 Å². The Labute approximate surface area is 86.7 Å². The number of carboxylic acids is 1. The standard InChI is InChI=1S/C11H11NO3/c12-10-6(11(13)14)2-1-5-7-3-4-8(15-7)9(5)10/h1-2,7-8H,3-4,12H2,(H,13,14). The molecule has 2 bridgehead atoms. The van der Waals surface area contributed by atoms with Crippen LogP contribution in [0.3, 0.4) is 0 Å². The first-order chi connectivity index (χ1) is 7.18. The maximum atomic E-state index is 10.9. The van der Waals surface area contributed by atoms with E-state index in [1.54, 1.807) is 6.07 Å². The Morgan fingerprint density at radius 3 is 2.87 bits per heavy atom. The third kappa shape index (κ3) is 1.02. The minimum absolute atomic E-state index is 0.0179. The van der Waals surface area contributed by atoms with Gasteiger partial charge in [0.05, 0.1) is 23.5 Å². The fourth-order valence-corrected chi connectivity index (χ4v) is 2.56. The summed E-state index contributed by atoms with van der Waals surface area (Å²) < 4.78 is 5.69. The van der Waals surface area contributed by atoms with E-state index >= 15 is 0 Å². The first-order valence-corrected chi connectivity index (χ1v) is 4.99. The molecule has 2 heterocycles. The van der Waals surface area contributed by atoms with Gasteiger partial charge < -0.3 is 15.6 Å². The van der Waals surface area contributed by atoms with E-state index in [1.807, 2.05) is 6.07 Å². The molecular weight excluding hydrogens is 194 g/mol. The number of fused-ring (bicyclic) bond motifs is 5. The summed E-state index contributed by atoms with van der Waals surface area (Å²) in [5.41, 5.74) is 8.41. The average Bonchev–Trinajstić information content (AvgIpc) is 2.77. The number of aromatic carboxylic acids is 1. The van der Waals surface area contributed by atoms with Crippen LogP contribution in [0.1, 0.15) is 46.5 Å². The van der Waals surface area contributed by atoms with Gasteiger partial charge in [0.1, 0.15) is 0 Å². The second-order valence-electron chi connectivity index (χ2n) is 4.03. The third-order valence-corrected chi connectivity index (χ3v) is 3.24. The number of nitrogens with two attached hydrogens (primary N) is 1. The molecule has 0 aromatic heterocycles. The summed E-state index contributed by atoms with van der Waals surface area (Å²) >= 11 is 0. The Balaban J connectivity index is 2.21. The Morgan fingerprint density at radius 1 is 1.40 bits per heavy atom. The van der Waals surface area contributed by atoms with Gasteiger partial charge in [-0.15, -0.1) is 0 Å². The van der Waals surface area contributed by atoms with Crippen molar-refractivity contribution in [3.63, 3.8) is 0 Å². The largest absolute Gasteiger partial charge is 0.478 e. The predicted octanol–water partition coefficient (Wildman–Crippen LogP) is 1.87. The Bertz CT molecular complexity index is 455. The zero-order chi connectivity index (χ0) is 10.6. The number of benzene rings is 1. The molecule has 15 heavy (non-hydrogen) atoms. The number of hydrogen-bond donors (Lipinski definition) is 2. The van der Waals surface area contributed by atoms with E-state index in [-0.39, 0.29) is 17.8 Å². The third-order valence-electron chi connectivity index (χ3n) is 3.24. The van der Waals surface area contributed by atoms with Gasteiger partial charge >= 0.3 is 5.97 Å². The van der Waals surface area contributed by atoms with Gasteiger partial charge in [0.25, 0.3) is 0 Å². The van der Waals surface area contributed by atoms with Gasteiger partial charge in [-0.2, -0.15) is 0 Å². The number of anilines is 1. The second kappa shape index (κ2) is 2.73. The van der Waals surface area contributed by atoms with Crippen LogP contribution in [0.15, 0.2) is 12.1 Å². The topological polar surface area (TPSA) is 72.6 Å². The minimum Gasteiger partial charge on any atom is -0.478 e. The van der Waals surface area contributed by atoms with E-state index in [0.717, 1.165) is 24.0 Å². The zero-order valence-electron chi connectivity index (χ0n) is 8.06. The molecule has 1 fully saturated rings. The smallest absolute Gasteiger partial charge is 0.337 e. The molecule has 0 aliphatic carbocycles. The highest BCUT2D eigenvalue weighted by atomic mass is 16.5. The molecule has 3 rings (SSSR count). The van der Waals surface area contributed by atoms with E-state index in [0.29, 0.717) is 5.69 Å². The van der Waals surface area contributed by atoms with Crippen LogP contribution in [-0.4, -0.2) is 11.1 Å². The quantitative estimate of drug-likeness (QED) is 0.686. The van der Waals surface area contributed by atoms with Crippen molar-refractivity contribution in [2.75, 3.05) is 5.73 Å². The molecule has 1 aromatic carbocycles. The van der Waals surface area contributed by atoms with E-state index in [9.17, 15) is 4.79 Å². The summed E-state index contributed by atoms with van der Waals surface area (Å²) in [4.78, 5) is 10.9. The molecule has 1 aromatic rings. The fourth-order valence-electron chi connectivity index (χ4n) is 2.56. The average molecular weight is 205 g/mol. The molecule has 3 N–H and O–H groups in total. The van der Waals surface area contributed by atoms with Crippen LogP contribution < -0.4 is 5.73 Å². The summed E-state index contributed by atoms with van der Waals surface area (Å²) in [5, 5.41) is 8.95. The van der Waals surface area contributed by atoms with Crippen molar-refractivity contribution in [1.29, 1.82) is 0 Å². The van der Waals surface area contributed by atoms with Crippen LogP contribution in [0.25, 0.3) is 0 Å². The first kappa shape index (κ1) is 8.73. The van der Waals surface area contributed by atoms with Crippen molar-refractivity contribution in [2.45, 2.75) is 25.0 Å². The van der Waals surface area contributed by atoms with Crippen molar-refractivity contribution < 1.29 is 14.6 Å². The first-order valence-electron chi connectivity index (χ1n) is 4.99. The lowest BCUT2D eigenvalue weighted by molar-refractivity contribution is 0.0697. The fraction of sp³-hybridized carbons (Fsp3) is 0.364. The van der Waals surface area contributed by atoms with E-state index in [4.69, 9.17) is 15.6 Å². The number of nitrogen functional groups attached to an aromatic ring is 1. The summed E-state index contributed by atoms with van der Waals surface area (Å²) in [6.07, 6.45) is 2.12. The van der Waals surface area contributed by atoms with Gasteiger partial charge in [0.2, 0.25) is 0 Å².